The Labute approximate surface area is 181 Å². The largest absolute Gasteiger partial charge is 0.507 e. The van der Waals surface area contributed by atoms with Gasteiger partial charge < -0.3 is 15.6 Å². The molecule has 0 spiro atoms. The van der Waals surface area contributed by atoms with Crippen LogP contribution in [0.3, 0.4) is 0 Å². The summed E-state index contributed by atoms with van der Waals surface area (Å²) in [4.78, 5) is 12.8. The van der Waals surface area contributed by atoms with Crippen molar-refractivity contribution in [3.63, 3.8) is 0 Å². The van der Waals surface area contributed by atoms with Crippen LogP contribution in [0.5, 0.6) is 11.5 Å². The molecule has 4 N–H and O–H groups in total. The predicted octanol–water partition coefficient (Wildman–Crippen LogP) is 1.77. The van der Waals surface area contributed by atoms with Gasteiger partial charge in [-0.1, -0.05) is 17.3 Å². The molecule has 2 heterocycles. The minimum Gasteiger partial charge on any atom is -0.507 e. The van der Waals surface area contributed by atoms with Gasteiger partial charge in [0.25, 0.3) is 5.91 Å². The number of para-hydroxylation sites is 1. The molecule has 0 saturated carbocycles. The molecule has 0 atom stereocenters. The van der Waals surface area contributed by atoms with E-state index in [1.807, 2.05) is 6.92 Å². The van der Waals surface area contributed by atoms with Crippen molar-refractivity contribution >= 4 is 17.9 Å². The second-order valence-electron chi connectivity index (χ2n) is 6.39. The van der Waals surface area contributed by atoms with Crippen LogP contribution in [0.15, 0.2) is 58.3 Å². The van der Waals surface area contributed by atoms with Gasteiger partial charge in [-0.2, -0.15) is 9.78 Å². The number of hydrogen-bond acceptors (Lipinski definition) is 10. The number of ether oxygens (including phenoxy) is 1. The van der Waals surface area contributed by atoms with E-state index in [9.17, 15) is 9.90 Å². The zero-order valence-corrected chi connectivity index (χ0v) is 16.8. The van der Waals surface area contributed by atoms with E-state index in [1.54, 1.807) is 42.5 Å². The van der Waals surface area contributed by atoms with Gasteiger partial charge in [0.2, 0.25) is 11.6 Å². The summed E-state index contributed by atoms with van der Waals surface area (Å²) in [7, 11) is 0. The summed E-state index contributed by atoms with van der Waals surface area (Å²) in [6.07, 6.45) is 1.31. The highest BCUT2D eigenvalue weighted by Crippen LogP contribution is 2.28. The van der Waals surface area contributed by atoms with Crippen molar-refractivity contribution in [1.82, 2.24) is 30.7 Å². The van der Waals surface area contributed by atoms with Gasteiger partial charge in [0, 0.05) is 11.1 Å². The molecule has 0 aliphatic carbocycles. The van der Waals surface area contributed by atoms with Gasteiger partial charge in [-0.05, 0) is 53.6 Å². The first-order chi connectivity index (χ1) is 15.6. The molecule has 12 nitrogen and oxygen atoms in total. The second kappa shape index (κ2) is 8.95. The summed E-state index contributed by atoms with van der Waals surface area (Å²) < 4.78 is 11.4. The molecule has 0 aliphatic rings. The van der Waals surface area contributed by atoms with Gasteiger partial charge in [0.05, 0.1) is 12.8 Å². The van der Waals surface area contributed by atoms with Crippen molar-refractivity contribution in [3.05, 3.63) is 59.8 Å². The molecule has 4 rings (SSSR count). The standard InChI is InChI=1S/C20H18N8O4/c1-2-31-14-9-7-12(8-10-14)17-16(23-27-28(17)19-18(21)25-32-26-19)20(30)24-22-11-13-5-3-4-6-15(13)29/h3-11,29H,2H2,1H3,(H2,21,25)(H,24,30)/b22-11+. The highest BCUT2D eigenvalue weighted by Gasteiger charge is 2.25. The monoisotopic (exact) mass is 434 g/mol. The maximum atomic E-state index is 12.8. The maximum Gasteiger partial charge on any atom is 0.294 e. The van der Waals surface area contributed by atoms with E-state index in [0.717, 1.165) is 0 Å². The molecule has 2 aromatic carbocycles. The summed E-state index contributed by atoms with van der Waals surface area (Å²) in [5, 5.41) is 29.0. The van der Waals surface area contributed by atoms with E-state index >= 15 is 0 Å². The number of benzene rings is 2. The van der Waals surface area contributed by atoms with E-state index in [4.69, 9.17) is 10.5 Å². The molecular weight excluding hydrogens is 416 g/mol. The van der Waals surface area contributed by atoms with Crippen molar-refractivity contribution < 1.29 is 19.3 Å². The number of phenolic OH excluding ortho intramolecular Hbond substituents is 1. The van der Waals surface area contributed by atoms with E-state index in [-0.39, 0.29) is 23.1 Å². The normalized spacial score (nSPS) is 11.0. The number of nitrogens with zero attached hydrogens (tertiary/aromatic N) is 6. The van der Waals surface area contributed by atoms with Crippen LogP contribution in [-0.2, 0) is 0 Å². The van der Waals surface area contributed by atoms with E-state index in [2.05, 4.69) is 35.8 Å². The number of anilines is 1. The Morgan fingerprint density at radius 3 is 2.72 bits per heavy atom. The Bertz CT molecular complexity index is 1260. The SMILES string of the molecule is CCOc1ccc(-c2c(C(=O)N/N=C/c3ccccc3O)nnn2-c2nonc2N)cc1. The van der Waals surface area contributed by atoms with Crippen molar-refractivity contribution in [3.8, 4) is 28.6 Å². The van der Waals surface area contributed by atoms with Crippen molar-refractivity contribution in [2.24, 2.45) is 5.10 Å². The van der Waals surface area contributed by atoms with Crippen molar-refractivity contribution in [2.45, 2.75) is 6.92 Å². The van der Waals surface area contributed by atoms with Crippen molar-refractivity contribution in [2.75, 3.05) is 12.3 Å². The average Bonchev–Trinajstić information content (AvgIpc) is 3.42. The molecule has 12 heteroatoms. The Kier molecular flexibility index (Phi) is 5.74. The number of phenols is 1. The molecule has 0 aliphatic heterocycles. The number of hydrazone groups is 1. The summed E-state index contributed by atoms with van der Waals surface area (Å²) in [6, 6.07) is 13.5. The number of nitrogens with two attached hydrogens (primary N) is 1. The van der Waals surface area contributed by atoms with Gasteiger partial charge in [0.1, 0.15) is 17.2 Å². The highest BCUT2D eigenvalue weighted by atomic mass is 16.6. The molecular formula is C20H18N8O4. The molecule has 0 saturated heterocycles. The minimum absolute atomic E-state index is 0.0216. The minimum atomic E-state index is -0.637. The number of carbonyl (C=O) groups excluding carboxylic acids is 1. The number of carbonyl (C=O) groups is 1. The third-order valence-electron chi connectivity index (χ3n) is 4.33. The fraction of sp³-hybridized carbons (Fsp3) is 0.100. The summed E-state index contributed by atoms with van der Waals surface area (Å²) in [6.45, 7) is 2.40. The van der Waals surface area contributed by atoms with Gasteiger partial charge in [-0.25, -0.2) is 10.1 Å². The molecule has 162 valence electrons. The van der Waals surface area contributed by atoms with Gasteiger partial charge >= 0.3 is 0 Å². The van der Waals surface area contributed by atoms with Crippen LogP contribution >= 0.6 is 0 Å². The van der Waals surface area contributed by atoms with Gasteiger partial charge in [-0.15, -0.1) is 5.10 Å². The highest BCUT2D eigenvalue weighted by molar-refractivity contribution is 5.99. The second-order valence-corrected chi connectivity index (χ2v) is 6.39. The number of amides is 1. The summed E-state index contributed by atoms with van der Waals surface area (Å²) in [5.41, 5.74) is 9.47. The average molecular weight is 434 g/mol. The fourth-order valence-corrected chi connectivity index (χ4v) is 2.87. The molecule has 32 heavy (non-hydrogen) atoms. The number of rotatable bonds is 7. The predicted molar refractivity (Wildman–Crippen MR) is 113 cm³/mol. The molecule has 0 radical (unpaired) electrons. The quantitative estimate of drug-likeness (QED) is 0.290. The number of aromatic nitrogens is 5. The first-order valence-electron chi connectivity index (χ1n) is 9.47. The zero-order chi connectivity index (χ0) is 22.5. The third-order valence-corrected chi connectivity index (χ3v) is 4.33. The lowest BCUT2D eigenvalue weighted by Crippen LogP contribution is -2.19. The number of nitrogen functional groups attached to an aromatic ring is 1. The van der Waals surface area contributed by atoms with Gasteiger partial charge in [0.15, 0.2) is 5.69 Å². The van der Waals surface area contributed by atoms with Crippen LogP contribution in [0, 0.1) is 0 Å². The van der Waals surface area contributed by atoms with Crippen LogP contribution in [0.25, 0.3) is 17.1 Å². The Morgan fingerprint density at radius 1 is 1.25 bits per heavy atom. The number of nitrogens with one attached hydrogen (secondary N) is 1. The van der Waals surface area contributed by atoms with E-state index in [0.29, 0.717) is 29.2 Å². The van der Waals surface area contributed by atoms with Crippen LogP contribution < -0.4 is 15.9 Å². The fourth-order valence-electron chi connectivity index (χ4n) is 2.87. The lowest BCUT2D eigenvalue weighted by molar-refractivity contribution is 0.0950. The maximum absolute atomic E-state index is 12.8. The molecule has 0 fully saturated rings. The Hall–Kier alpha value is -4.74. The number of hydrogen-bond donors (Lipinski definition) is 3. The van der Waals surface area contributed by atoms with Crippen LogP contribution in [0.4, 0.5) is 5.82 Å². The molecule has 4 aromatic rings. The molecule has 0 unspecified atom stereocenters. The number of aromatic hydroxyl groups is 1. The summed E-state index contributed by atoms with van der Waals surface area (Å²) >= 11 is 0. The third kappa shape index (κ3) is 4.09. The first-order valence-corrected chi connectivity index (χ1v) is 9.47. The molecule has 2 aromatic heterocycles. The van der Waals surface area contributed by atoms with Gasteiger partial charge in [-0.3, -0.25) is 4.79 Å². The summed E-state index contributed by atoms with van der Waals surface area (Å²) in [5.74, 6) is 0.114. The Balaban J connectivity index is 1.69. The van der Waals surface area contributed by atoms with Crippen molar-refractivity contribution in [1.29, 1.82) is 0 Å². The molecule has 1 amide bonds. The van der Waals surface area contributed by atoms with Crippen LogP contribution in [0.1, 0.15) is 23.0 Å². The van der Waals surface area contributed by atoms with Crippen LogP contribution in [-0.4, -0.2) is 49.1 Å². The topological polar surface area (TPSA) is 167 Å². The lowest BCUT2D eigenvalue weighted by atomic mass is 10.1. The molecule has 0 bridgehead atoms. The first kappa shape index (κ1) is 20.5. The Morgan fingerprint density at radius 2 is 2.03 bits per heavy atom. The van der Waals surface area contributed by atoms with E-state index in [1.165, 1.54) is 17.0 Å². The lowest BCUT2D eigenvalue weighted by Gasteiger charge is -2.07. The smallest absolute Gasteiger partial charge is 0.294 e. The van der Waals surface area contributed by atoms with E-state index < -0.39 is 5.91 Å². The van der Waals surface area contributed by atoms with Crippen LogP contribution in [0.2, 0.25) is 0 Å². The zero-order valence-electron chi connectivity index (χ0n) is 16.8.